The topological polar surface area (TPSA) is 0 Å². The van der Waals surface area contributed by atoms with Crippen LogP contribution in [0.4, 0.5) is 0 Å². The van der Waals surface area contributed by atoms with E-state index in [9.17, 15) is 0 Å². The fourth-order valence-electron chi connectivity index (χ4n) is 1.54. The maximum absolute atomic E-state index is 3.78. The summed E-state index contributed by atoms with van der Waals surface area (Å²) < 4.78 is 1.11. The summed E-state index contributed by atoms with van der Waals surface area (Å²) in [4.78, 5) is 1.26. The lowest BCUT2D eigenvalue weighted by Crippen LogP contribution is -1.78. The van der Waals surface area contributed by atoms with Gasteiger partial charge in [0.1, 0.15) is 0 Å². The van der Waals surface area contributed by atoms with Crippen molar-refractivity contribution in [3.63, 3.8) is 0 Å². The largest absolute Gasteiger partial charge is 0.0987 e. The molecule has 0 aliphatic heterocycles. The first-order valence-electron chi connectivity index (χ1n) is 5.37. The zero-order chi connectivity index (χ0) is 12.3. The van der Waals surface area contributed by atoms with Crippen LogP contribution in [0.15, 0.2) is 69.4 Å². The van der Waals surface area contributed by atoms with Crippen LogP contribution in [0.3, 0.4) is 0 Å². The van der Waals surface area contributed by atoms with Gasteiger partial charge in [-0.3, -0.25) is 0 Å². The Bertz CT molecular complexity index is 579. The second-order valence-electron chi connectivity index (χ2n) is 3.74. The first-order chi connectivity index (χ1) is 8.22. The van der Waals surface area contributed by atoms with E-state index in [0.29, 0.717) is 0 Å². The van der Waals surface area contributed by atoms with Crippen LogP contribution in [-0.4, -0.2) is 0 Å². The third kappa shape index (κ3) is 2.82. The second-order valence-corrected chi connectivity index (χ2v) is 6.11. The summed E-state index contributed by atoms with van der Waals surface area (Å²) in [5, 5.41) is 2.56. The van der Waals surface area contributed by atoms with Gasteiger partial charge in [-0.2, -0.15) is 0 Å². The Hall–Kier alpha value is -0.990. The third-order valence-electron chi connectivity index (χ3n) is 2.57. The lowest BCUT2D eigenvalue weighted by molar-refractivity contribution is 1.53. The van der Waals surface area contributed by atoms with Crippen LogP contribution in [0, 0.1) is 0 Å². The molecular formula is C15H13BrS. The zero-order valence-corrected chi connectivity index (χ0v) is 12.0. The van der Waals surface area contributed by atoms with Gasteiger partial charge >= 0.3 is 0 Å². The Morgan fingerprint density at radius 1 is 1.18 bits per heavy atom. The normalized spacial score (nSPS) is 12.4. The number of hydrogen-bond acceptors (Lipinski definition) is 1. The number of benzene rings is 2. The molecule has 2 aromatic rings. The fourth-order valence-corrected chi connectivity index (χ4v) is 3.11. The molecule has 86 valence electrons. The van der Waals surface area contributed by atoms with Gasteiger partial charge in [-0.05, 0) is 45.3 Å². The molecule has 0 atom stereocenters. The Balaban J connectivity index is 2.46. The van der Waals surface area contributed by atoms with Crippen LogP contribution in [0.5, 0.6) is 0 Å². The molecule has 0 bridgehead atoms. The molecule has 0 aliphatic rings. The van der Waals surface area contributed by atoms with Crippen molar-refractivity contribution in [2.75, 3.05) is 0 Å². The molecule has 2 rings (SSSR count). The number of allylic oxidation sites excluding steroid dienone is 2. The van der Waals surface area contributed by atoms with Gasteiger partial charge in [0.2, 0.25) is 0 Å². The van der Waals surface area contributed by atoms with Crippen LogP contribution in [-0.2, 0) is 0 Å². The molecule has 0 N–H and O–H groups in total. The second kappa shape index (κ2) is 5.56. The minimum atomic E-state index is 1.11. The SMILES string of the molecule is C=C/C(C)=C(/Br)Sc1cccc2ccccc12. The molecule has 0 aliphatic carbocycles. The van der Waals surface area contributed by atoms with Gasteiger partial charge in [-0.25, -0.2) is 0 Å². The number of rotatable bonds is 3. The average Bonchev–Trinajstić information content (AvgIpc) is 2.38. The van der Waals surface area contributed by atoms with Crippen LogP contribution in [0.2, 0.25) is 0 Å². The molecule has 2 aromatic carbocycles. The predicted molar refractivity (Wildman–Crippen MR) is 81.6 cm³/mol. The monoisotopic (exact) mass is 304 g/mol. The van der Waals surface area contributed by atoms with Crippen molar-refractivity contribution in [2.45, 2.75) is 11.8 Å². The van der Waals surface area contributed by atoms with Gasteiger partial charge in [0, 0.05) is 4.90 Å². The lowest BCUT2D eigenvalue weighted by Gasteiger charge is -2.06. The van der Waals surface area contributed by atoms with E-state index in [2.05, 4.69) is 71.9 Å². The van der Waals surface area contributed by atoms with E-state index < -0.39 is 0 Å². The van der Waals surface area contributed by atoms with Crippen molar-refractivity contribution in [1.29, 1.82) is 0 Å². The summed E-state index contributed by atoms with van der Waals surface area (Å²) in [6.07, 6.45) is 1.86. The fraction of sp³-hybridized carbons (Fsp3) is 0.0667. The molecule has 0 unspecified atom stereocenters. The van der Waals surface area contributed by atoms with E-state index in [-0.39, 0.29) is 0 Å². The van der Waals surface area contributed by atoms with Gasteiger partial charge < -0.3 is 0 Å². The average molecular weight is 305 g/mol. The molecule has 17 heavy (non-hydrogen) atoms. The molecule has 0 heterocycles. The third-order valence-corrected chi connectivity index (χ3v) is 4.75. The number of fused-ring (bicyclic) bond motifs is 1. The van der Waals surface area contributed by atoms with E-state index in [0.717, 1.165) is 9.39 Å². The lowest BCUT2D eigenvalue weighted by atomic mass is 10.1. The van der Waals surface area contributed by atoms with Gasteiger partial charge in [0.25, 0.3) is 0 Å². The summed E-state index contributed by atoms with van der Waals surface area (Å²) in [7, 11) is 0. The Morgan fingerprint density at radius 2 is 1.88 bits per heavy atom. The summed E-state index contributed by atoms with van der Waals surface area (Å²) in [5.74, 6) is 0. The summed E-state index contributed by atoms with van der Waals surface area (Å²) in [6.45, 7) is 5.84. The van der Waals surface area contributed by atoms with Crippen molar-refractivity contribution >= 4 is 38.5 Å². The molecule has 0 nitrogen and oxygen atoms in total. The Kier molecular flexibility index (Phi) is 4.08. The predicted octanol–water partition coefficient (Wildman–Crippen LogP) is 5.74. The molecule has 0 aromatic heterocycles. The Labute approximate surface area is 115 Å². The highest BCUT2D eigenvalue weighted by Crippen LogP contribution is 2.37. The molecular weight excluding hydrogens is 292 g/mol. The number of hydrogen-bond donors (Lipinski definition) is 0. The standard InChI is InChI=1S/C15H13BrS/c1-3-11(2)15(16)17-14-10-6-8-12-7-4-5-9-13(12)14/h3-10H,1H2,2H3/b15-11-. The van der Waals surface area contributed by atoms with Gasteiger partial charge in [0.15, 0.2) is 0 Å². The van der Waals surface area contributed by atoms with Crippen molar-refractivity contribution in [3.05, 3.63) is 64.5 Å². The van der Waals surface area contributed by atoms with Crippen LogP contribution >= 0.6 is 27.7 Å². The number of thioether (sulfide) groups is 1. The first kappa shape index (κ1) is 12.5. The van der Waals surface area contributed by atoms with Crippen molar-refractivity contribution < 1.29 is 0 Å². The molecule has 0 spiro atoms. The van der Waals surface area contributed by atoms with Crippen LogP contribution < -0.4 is 0 Å². The number of halogens is 1. The first-order valence-corrected chi connectivity index (χ1v) is 6.98. The van der Waals surface area contributed by atoms with E-state index in [4.69, 9.17) is 0 Å². The van der Waals surface area contributed by atoms with Crippen molar-refractivity contribution in [2.24, 2.45) is 0 Å². The van der Waals surface area contributed by atoms with Gasteiger partial charge in [0.05, 0.1) is 3.81 Å². The highest BCUT2D eigenvalue weighted by molar-refractivity contribution is 9.14. The van der Waals surface area contributed by atoms with Crippen LogP contribution in [0.1, 0.15) is 6.92 Å². The maximum atomic E-state index is 3.78. The zero-order valence-electron chi connectivity index (χ0n) is 9.61. The minimum Gasteiger partial charge on any atom is -0.0987 e. The molecule has 0 saturated heterocycles. The maximum Gasteiger partial charge on any atom is 0.0580 e. The van der Waals surface area contributed by atoms with Crippen molar-refractivity contribution in [1.82, 2.24) is 0 Å². The molecule has 0 fully saturated rings. The van der Waals surface area contributed by atoms with E-state index in [1.165, 1.54) is 15.7 Å². The van der Waals surface area contributed by atoms with Crippen LogP contribution in [0.25, 0.3) is 10.8 Å². The molecule has 0 amide bonds. The summed E-state index contributed by atoms with van der Waals surface area (Å²) in [6, 6.07) is 14.8. The summed E-state index contributed by atoms with van der Waals surface area (Å²) >= 11 is 5.33. The minimum absolute atomic E-state index is 1.11. The smallest absolute Gasteiger partial charge is 0.0580 e. The van der Waals surface area contributed by atoms with E-state index in [1.54, 1.807) is 11.8 Å². The van der Waals surface area contributed by atoms with E-state index >= 15 is 0 Å². The Morgan fingerprint density at radius 3 is 2.65 bits per heavy atom. The molecule has 2 heteroatoms. The van der Waals surface area contributed by atoms with Gasteiger partial charge in [-0.1, -0.05) is 60.8 Å². The van der Waals surface area contributed by atoms with Gasteiger partial charge in [-0.15, -0.1) is 0 Å². The van der Waals surface area contributed by atoms with Crippen molar-refractivity contribution in [3.8, 4) is 0 Å². The van der Waals surface area contributed by atoms with E-state index in [1.807, 2.05) is 6.08 Å². The quantitative estimate of drug-likeness (QED) is 0.514. The highest BCUT2D eigenvalue weighted by Gasteiger charge is 2.04. The molecule has 0 radical (unpaired) electrons. The summed E-state index contributed by atoms with van der Waals surface area (Å²) in [5.41, 5.74) is 1.16. The molecule has 0 saturated carbocycles. The highest BCUT2D eigenvalue weighted by atomic mass is 79.9.